The Kier molecular flexibility index (Phi) is 2.67. The molecule has 3 rings (SSSR count). The number of carbonyl (C=O) groups is 1. The van der Waals surface area contributed by atoms with Crippen molar-refractivity contribution in [3.63, 3.8) is 0 Å². The van der Waals surface area contributed by atoms with E-state index in [2.05, 4.69) is 4.98 Å². The van der Waals surface area contributed by atoms with Crippen LogP contribution < -0.4 is 0 Å². The third-order valence-electron chi connectivity index (χ3n) is 3.43. The number of aromatic amines is 1. The van der Waals surface area contributed by atoms with Crippen molar-refractivity contribution in [1.29, 1.82) is 0 Å². The number of aryl methyl sites for hydroxylation is 2. The molecule has 0 saturated heterocycles. The van der Waals surface area contributed by atoms with Gasteiger partial charge >= 0.3 is 5.97 Å². The van der Waals surface area contributed by atoms with Crippen molar-refractivity contribution >= 4 is 27.5 Å². The van der Waals surface area contributed by atoms with Crippen molar-refractivity contribution < 1.29 is 9.53 Å². The standard InChI is InChI=1S/C13H15NO2S/c1-16-13(15)11-7-9-8-5-3-2-4-6-10(8)14-12(9)17-11/h7,14H,2-6H2,1H3. The van der Waals surface area contributed by atoms with E-state index in [1.807, 2.05) is 6.07 Å². The fourth-order valence-corrected chi connectivity index (χ4v) is 3.59. The number of nitrogens with one attached hydrogen (secondary N) is 1. The minimum Gasteiger partial charge on any atom is -0.465 e. The molecule has 1 aliphatic carbocycles. The predicted octanol–water partition coefficient (Wildman–Crippen LogP) is 3.28. The van der Waals surface area contributed by atoms with Crippen LogP contribution in [-0.2, 0) is 17.6 Å². The highest BCUT2D eigenvalue weighted by Crippen LogP contribution is 2.33. The monoisotopic (exact) mass is 249 g/mol. The largest absolute Gasteiger partial charge is 0.465 e. The maximum absolute atomic E-state index is 11.5. The normalized spacial score (nSPS) is 15.6. The van der Waals surface area contributed by atoms with E-state index in [0.29, 0.717) is 4.88 Å². The summed E-state index contributed by atoms with van der Waals surface area (Å²) in [6.45, 7) is 0. The molecule has 17 heavy (non-hydrogen) atoms. The van der Waals surface area contributed by atoms with Gasteiger partial charge in [0.25, 0.3) is 0 Å². The zero-order chi connectivity index (χ0) is 11.8. The molecular weight excluding hydrogens is 234 g/mol. The first kappa shape index (κ1) is 10.8. The molecule has 0 aliphatic heterocycles. The number of aromatic nitrogens is 1. The van der Waals surface area contributed by atoms with E-state index < -0.39 is 0 Å². The molecule has 0 radical (unpaired) electrons. The second-order valence-corrected chi connectivity index (χ2v) is 5.54. The van der Waals surface area contributed by atoms with Gasteiger partial charge in [-0.25, -0.2) is 4.79 Å². The Labute approximate surface area is 104 Å². The van der Waals surface area contributed by atoms with E-state index in [1.165, 1.54) is 54.4 Å². The van der Waals surface area contributed by atoms with Gasteiger partial charge in [0.1, 0.15) is 9.71 Å². The van der Waals surface area contributed by atoms with Gasteiger partial charge in [0.05, 0.1) is 7.11 Å². The minimum absolute atomic E-state index is 0.234. The van der Waals surface area contributed by atoms with E-state index in [1.54, 1.807) is 0 Å². The fourth-order valence-electron chi connectivity index (χ4n) is 2.56. The van der Waals surface area contributed by atoms with Gasteiger partial charge in [0.15, 0.2) is 0 Å². The Hall–Kier alpha value is -1.29. The highest BCUT2D eigenvalue weighted by atomic mass is 32.1. The number of ether oxygens (including phenoxy) is 1. The van der Waals surface area contributed by atoms with Gasteiger partial charge < -0.3 is 9.72 Å². The van der Waals surface area contributed by atoms with Crippen molar-refractivity contribution in [2.75, 3.05) is 7.11 Å². The van der Waals surface area contributed by atoms with Gasteiger partial charge in [-0.3, -0.25) is 0 Å². The molecule has 90 valence electrons. The van der Waals surface area contributed by atoms with Crippen LogP contribution in [0.4, 0.5) is 0 Å². The number of hydrogen-bond acceptors (Lipinski definition) is 3. The number of methoxy groups -OCH3 is 1. The van der Waals surface area contributed by atoms with E-state index in [4.69, 9.17) is 4.74 Å². The summed E-state index contributed by atoms with van der Waals surface area (Å²) in [6.07, 6.45) is 6.10. The number of thiophene rings is 1. The molecule has 2 aromatic heterocycles. The SMILES string of the molecule is COC(=O)c1cc2c3c([nH]c2s1)CCCCC3. The fraction of sp³-hybridized carbons (Fsp3) is 0.462. The summed E-state index contributed by atoms with van der Waals surface area (Å²) in [6, 6.07) is 1.98. The molecular formula is C13H15NO2S. The molecule has 3 nitrogen and oxygen atoms in total. The quantitative estimate of drug-likeness (QED) is 0.622. The number of rotatable bonds is 1. The summed E-state index contributed by atoms with van der Waals surface area (Å²) in [5.74, 6) is -0.234. The molecule has 0 bridgehead atoms. The first-order valence-corrected chi connectivity index (χ1v) is 6.83. The molecule has 1 aliphatic rings. The van der Waals surface area contributed by atoms with Crippen LogP contribution in [0.1, 0.15) is 40.2 Å². The summed E-state index contributed by atoms with van der Waals surface area (Å²) < 4.78 is 4.76. The third kappa shape index (κ3) is 1.76. The van der Waals surface area contributed by atoms with Gasteiger partial charge in [0.2, 0.25) is 0 Å². The van der Waals surface area contributed by atoms with Crippen LogP contribution in [0.3, 0.4) is 0 Å². The highest BCUT2D eigenvalue weighted by Gasteiger charge is 2.18. The molecule has 0 aromatic carbocycles. The van der Waals surface area contributed by atoms with Crippen molar-refractivity contribution in [1.82, 2.24) is 4.98 Å². The molecule has 0 spiro atoms. The zero-order valence-electron chi connectivity index (χ0n) is 9.84. The lowest BCUT2D eigenvalue weighted by atomic mass is 10.1. The number of hydrogen-bond donors (Lipinski definition) is 1. The molecule has 0 unspecified atom stereocenters. The first-order chi connectivity index (χ1) is 8.29. The van der Waals surface area contributed by atoms with Gasteiger partial charge in [0, 0.05) is 11.1 Å². The Morgan fingerprint density at radius 2 is 2.18 bits per heavy atom. The Morgan fingerprint density at radius 1 is 1.35 bits per heavy atom. The van der Waals surface area contributed by atoms with Crippen LogP contribution in [0.15, 0.2) is 6.07 Å². The lowest BCUT2D eigenvalue weighted by Gasteiger charge is -1.97. The maximum atomic E-state index is 11.5. The number of carbonyl (C=O) groups excluding carboxylic acids is 1. The molecule has 2 heterocycles. The topological polar surface area (TPSA) is 42.1 Å². The van der Waals surface area contributed by atoms with Crippen molar-refractivity contribution in [2.24, 2.45) is 0 Å². The molecule has 4 heteroatoms. The average molecular weight is 249 g/mol. The molecule has 0 amide bonds. The van der Waals surface area contributed by atoms with Crippen LogP contribution in [0.25, 0.3) is 10.2 Å². The lowest BCUT2D eigenvalue weighted by molar-refractivity contribution is 0.0606. The van der Waals surface area contributed by atoms with Crippen molar-refractivity contribution in [2.45, 2.75) is 32.1 Å². The van der Waals surface area contributed by atoms with E-state index in [9.17, 15) is 4.79 Å². The van der Waals surface area contributed by atoms with Gasteiger partial charge in [-0.05, 0) is 37.3 Å². The lowest BCUT2D eigenvalue weighted by Crippen LogP contribution is -1.97. The van der Waals surface area contributed by atoms with Gasteiger partial charge in [-0.15, -0.1) is 11.3 Å². The molecule has 1 N–H and O–H groups in total. The van der Waals surface area contributed by atoms with Crippen LogP contribution in [0.5, 0.6) is 0 Å². The minimum atomic E-state index is -0.234. The van der Waals surface area contributed by atoms with Crippen molar-refractivity contribution in [3.8, 4) is 0 Å². The summed E-state index contributed by atoms with van der Waals surface area (Å²) in [5, 5.41) is 1.23. The second-order valence-electron chi connectivity index (χ2n) is 4.49. The maximum Gasteiger partial charge on any atom is 0.348 e. The van der Waals surface area contributed by atoms with E-state index in [-0.39, 0.29) is 5.97 Å². The van der Waals surface area contributed by atoms with Gasteiger partial charge in [-0.2, -0.15) is 0 Å². The van der Waals surface area contributed by atoms with E-state index in [0.717, 1.165) is 17.7 Å². The van der Waals surface area contributed by atoms with Crippen LogP contribution in [0, 0.1) is 0 Å². The molecule has 2 aromatic rings. The van der Waals surface area contributed by atoms with Crippen LogP contribution in [0.2, 0.25) is 0 Å². The van der Waals surface area contributed by atoms with Crippen molar-refractivity contribution in [3.05, 3.63) is 22.2 Å². The van der Waals surface area contributed by atoms with E-state index >= 15 is 0 Å². The number of fused-ring (bicyclic) bond motifs is 3. The summed E-state index contributed by atoms with van der Waals surface area (Å²) in [5.41, 5.74) is 2.80. The summed E-state index contributed by atoms with van der Waals surface area (Å²) in [7, 11) is 1.43. The summed E-state index contributed by atoms with van der Waals surface area (Å²) in [4.78, 5) is 16.8. The number of H-pyrrole nitrogens is 1. The molecule has 0 saturated carbocycles. The Morgan fingerprint density at radius 3 is 3.00 bits per heavy atom. The zero-order valence-corrected chi connectivity index (χ0v) is 10.7. The van der Waals surface area contributed by atoms with Crippen LogP contribution in [-0.4, -0.2) is 18.1 Å². The Bertz CT molecular complexity index is 567. The molecule has 0 fully saturated rings. The predicted molar refractivity (Wildman–Crippen MR) is 68.8 cm³/mol. The second kappa shape index (κ2) is 4.18. The summed E-state index contributed by atoms with van der Waals surface area (Å²) >= 11 is 1.50. The third-order valence-corrected chi connectivity index (χ3v) is 4.46. The number of esters is 1. The van der Waals surface area contributed by atoms with Crippen LogP contribution >= 0.6 is 11.3 Å². The molecule has 0 atom stereocenters. The smallest absolute Gasteiger partial charge is 0.348 e. The first-order valence-electron chi connectivity index (χ1n) is 6.01. The van der Waals surface area contributed by atoms with Gasteiger partial charge in [-0.1, -0.05) is 6.42 Å². The highest BCUT2D eigenvalue weighted by molar-refractivity contribution is 7.20. The average Bonchev–Trinajstić information content (AvgIpc) is 2.79. The Balaban J connectivity index is 2.09.